The second-order valence-corrected chi connectivity index (χ2v) is 2.88. The molecule has 0 radical (unpaired) electrons. The molecule has 66 valence electrons. The number of hydrogen-bond acceptors (Lipinski definition) is 3. The minimum Gasteiger partial charge on any atom is -0.267 e. The molecule has 0 aliphatic heterocycles. The Bertz CT molecular complexity index is 336. The van der Waals surface area contributed by atoms with Crippen molar-refractivity contribution in [1.82, 2.24) is 9.78 Å². The highest BCUT2D eigenvalue weighted by molar-refractivity contribution is 5.01. The van der Waals surface area contributed by atoms with Gasteiger partial charge in [-0.1, -0.05) is 0 Å². The second-order valence-electron chi connectivity index (χ2n) is 2.88. The van der Waals surface area contributed by atoms with Gasteiger partial charge in [0.1, 0.15) is 0 Å². The van der Waals surface area contributed by atoms with Crippen molar-refractivity contribution in [3.63, 3.8) is 0 Å². The van der Waals surface area contributed by atoms with Crippen LogP contribution in [-0.4, -0.2) is 9.78 Å². The molecule has 13 heavy (non-hydrogen) atoms. The van der Waals surface area contributed by atoms with Crippen molar-refractivity contribution in [3.8, 4) is 12.1 Å². The molecule has 0 unspecified atom stereocenters. The summed E-state index contributed by atoms with van der Waals surface area (Å²) in [6.07, 6.45) is 4.23. The normalized spacial score (nSPS) is 9.54. The zero-order valence-corrected chi connectivity index (χ0v) is 7.44. The summed E-state index contributed by atoms with van der Waals surface area (Å²) in [7, 11) is 0. The van der Waals surface area contributed by atoms with Crippen molar-refractivity contribution in [2.24, 2.45) is 0 Å². The van der Waals surface area contributed by atoms with E-state index in [1.807, 2.05) is 25.3 Å². The summed E-state index contributed by atoms with van der Waals surface area (Å²) >= 11 is 0. The van der Waals surface area contributed by atoms with E-state index in [-0.39, 0.29) is 6.04 Å². The molecule has 0 saturated heterocycles. The molecule has 0 bridgehead atoms. The summed E-state index contributed by atoms with van der Waals surface area (Å²) in [5.74, 6) is 0. The van der Waals surface area contributed by atoms with E-state index >= 15 is 0 Å². The van der Waals surface area contributed by atoms with Gasteiger partial charge in [0.15, 0.2) is 0 Å². The van der Waals surface area contributed by atoms with Crippen LogP contribution in [0.25, 0.3) is 0 Å². The number of nitriles is 2. The fourth-order valence-corrected chi connectivity index (χ4v) is 1.10. The molecule has 1 rings (SSSR count). The summed E-state index contributed by atoms with van der Waals surface area (Å²) in [6.45, 7) is 1.93. The lowest BCUT2D eigenvalue weighted by molar-refractivity contribution is 0.469. The van der Waals surface area contributed by atoms with Crippen LogP contribution in [0.2, 0.25) is 0 Å². The molecule has 1 heterocycles. The standard InChI is InChI=1S/C9H10N4/c1-8-6-12-13(7-8)9(2-4-10)3-5-11/h6-7,9H,2-3H2,1H3. The monoisotopic (exact) mass is 174 g/mol. The zero-order valence-electron chi connectivity index (χ0n) is 7.44. The Balaban J connectivity index is 2.77. The zero-order chi connectivity index (χ0) is 9.68. The first-order valence-electron chi connectivity index (χ1n) is 4.02. The van der Waals surface area contributed by atoms with Gasteiger partial charge in [-0.3, -0.25) is 4.68 Å². The Labute approximate surface area is 77.0 Å². The van der Waals surface area contributed by atoms with Crippen LogP contribution in [0.15, 0.2) is 12.4 Å². The first kappa shape index (κ1) is 9.28. The number of aromatic nitrogens is 2. The predicted octanol–water partition coefficient (Wildman–Crippen LogP) is 1.56. The third-order valence-corrected chi connectivity index (χ3v) is 1.76. The van der Waals surface area contributed by atoms with Gasteiger partial charge < -0.3 is 0 Å². The van der Waals surface area contributed by atoms with Gasteiger partial charge in [-0.05, 0) is 12.5 Å². The Kier molecular flexibility index (Phi) is 3.05. The Morgan fingerprint density at radius 1 is 1.46 bits per heavy atom. The second kappa shape index (κ2) is 4.27. The van der Waals surface area contributed by atoms with Gasteiger partial charge in [0, 0.05) is 6.20 Å². The van der Waals surface area contributed by atoms with Crippen molar-refractivity contribution < 1.29 is 0 Å². The van der Waals surface area contributed by atoms with E-state index in [9.17, 15) is 0 Å². The van der Waals surface area contributed by atoms with Crippen molar-refractivity contribution in [2.45, 2.75) is 25.8 Å². The fourth-order valence-electron chi connectivity index (χ4n) is 1.10. The molecular weight excluding hydrogens is 164 g/mol. The van der Waals surface area contributed by atoms with Gasteiger partial charge in [-0.2, -0.15) is 15.6 Å². The summed E-state index contributed by atoms with van der Waals surface area (Å²) in [5.41, 5.74) is 1.04. The highest BCUT2D eigenvalue weighted by Crippen LogP contribution is 2.14. The third kappa shape index (κ3) is 2.31. The van der Waals surface area contributed by atoms with Crippen LogP contribution in [0.1, 0.15) is 24.4 Å². The largest absolute Gasteiger partial charge is 0.267 e. The molecular formula is C9H10N4. The SMILES string of the molecule is Cc1cnn(C(CC#N)CC#N)c1. The summed E-state index contributed by atoms with van der Waals surface area (Å²) in [6, 6.07) is 3.99. The highest BCUT2D eigenvalue weighted by atomic mass is 15.3. The van der Waals surface area contributed by atoms with Crippen LogP contribution < -0.4 is 0 Å². The van der Waals surface area contributed by atoms with E-state index in [0.29, 0.717) is 12.8 Å². The molecule has 0 spiro atoms. The van der Waals surface area contributed by atoms with E-state index < -0.39 is 0 Å². The van der Waals surface area contributed by atoms with E-state index in [0.717, 1.165) is 5.56 Å². The maximum Gasteiger partial charge on any atom is 0.0778 e. The first-order valence-corrected chi connectivity index (χ1v) is 4.02. The minimum atomic E-state index is -0.108. The van der Waals surface area contributed by atoms with Crippen LogP contribution in [-0.2, 0) is 0 Å². The maximum atomic E-state index is 8.53. The molecule has 0 atom stereocenters. The lowest BCUT2D eigenvalue weighted by atomic mass is 10.2. The number of rotatable bonds is 3. The van der Waals surface area contributed by atoms with Crippen LogP contribution in [0.5, 0.6) is 0 Å². The molecule has 4 nitrogen and oxygen atoms in total. The maximum absolute atomic E-state index is 8.53. The minimum absolute atomic E-state index is 0.108. The predicted molar refractivity (Wildman–Crippen MR) is 46.5 cm³/mol. The van der Waals surface area contributed by atoms with E-state index in [1.165, 1.54) is 0 Å². The van der Waals surface area contributed by atoms with Crippen LogP contribution in [0, 0.1) is 29.6 Å². The molecule has 0 fully saturated rings. The Morgan fingerprint density at radius 3 is 2.46 bits per heavy atom. The van der Waals surface area contributed by atoms with Gasteiger partial charge >= 0.3 is 0 Å². The first-order chi connectivity index (χ1) is 6.27. The molecule has 0 aliphatic rings. The lowest BCUT2D eigenvalue weighted by Gasteiger charge is -2.09. The third-order valence-electron chi connectivity index (χ3n) is 1.76. The van der Waals surface area contributed by atoms with E-state index in [2.05, 4.69) is 5.10 Å². The van der Waals surface area contributed by atoms with Gasteiger partial charge in [0.25, 0.3) is 0 Å². The van der Waals surface area contributed by atoms with E-state index in [4.69, 9.17) is 10.5 Å². The number of hydrogen-bond donors (Lipinski definition) is 0. The van der Waals surface area contributed by atoms with Crippen molar-refractivity contribution in [2.75, 3.05) is 0 Å². The molecule has 0 saturated carbocycles. The molecule has 4 heteroatoms. The summed E-state index contributed by atoms with van der Waals surface area (Å²) < 4.78 is 1.68. The Hall–Kier alpha value is -1.81. The quantitative estimate of drug-likeness (QED) is 0.698. The molecule has 1 aromatic rings. The van der Waals surface area contributed by atoms with Crippen molar-refractivity contribution in [1.29, 1.82) is 10.5 Å². The molecule has 1 aromatic heterocycles. The average Bonchev–Trinajstić information content (AvgIpc) is 2.51. The van der Waals surface area contributed by atoms with Crippen molar-refractivity contribution in [3.05, 3.63) is 18.0 Å². The summed E-state index contributed by atoms with van der Waals surface area (Å²) in [4.78, 5) is 0. The van der Waals surface area contributed by atoms with Crippen LogP contribution in [0.4, 0.5) is 0 Å². The topological polar surface area (TPSA) is 65.4 Å². The Morgan fingerprint density at radius 2 is 2.08 bits per heavy atom. The smallest absolute Gasteiger partial charge is 0.0778 e. The highest BCUT2D eigenvalue weighted by Gasteiger charge is 2.10. The van der Waals surface area contributed by atoms with Gasteiger partial charge in [0.05, 0.1) is 37.2 Å². The molecule has 0 aromatic carbocycles. The van der Waals surface area contributed by atoms with Crippen LogP contribution in [0.3, 0.4) is 0 Å². The average molecular weight is 174 g/mol. The van der Waals surface area contributed by atoms with Gasteiger partial charge in [-0.25, -0.2) is 0 Å². The lowest BCUT2D eigenvalue weighted by Crippen LogP contribution is -2.08. The van der Waals surface area contributed by atoms with Gasteiger partial charge in [-0.15, -0.1) is 0 Å². The number of aryl methyl sites for hydroxylation is 1. The van der Waals surface area contributed by atoms with E-state index in [1.54, 1.807) is 10.9 Å². The molecule has 0 amide bonds. The molecule has 0 N–H and O–H groups in total. The fraction of sp³-hybridized carbons (Fsp3) is 0.444. The van der Waals surface area contributed by atoms with Gasteiger partial charge in [0.2, 0.25) is 0 Å². The summed E-state index contributed by atoms with van der Waals surface area (Å²) in [5, 5.41) is 21.1. The van der Waals surface area contributed by atoms with Crippen LogP contribution >= 0.6 is 0 Å². The molecule has 0 aliphatic carbocycles. The van der Waals surface area contributed by atoms with Crippen molar-refractivity contribution >= 4 is 0 Å². The number of nitrogens with zero attached hydrogens (tertiary/aromatic N) is 4.